The fourth-order valence-electron chi connectivity index (χ4n) is 3.25. The molecule has 24 heavy (non-hydrogen) atoms. The highest BCUT2D eigenvalue weighted by Gasteiger charge is 2.23. The van der Waals surface area contributed by atoms with Crippen LogP contribution in [0.4, 0.5) is 0 Å². The van der Waals surface area contributed by atoms with Gasteiger partial charge in [0.1, 0.15) is 12.7 Å². The Morgan fingerprint density at radius 1 is 1.33 bits per heavy atom. The number of aromatic nitrogens is 3. The predicted molar refractivity (Wildman–Crippen MR) is 93.3 cm³/mol. The van der Waals surface area contributed by atoms with Crippen LogP contribution >= 0.6 is 0 Å². The first-order valence-corrected chi connectivity index (χ1v) is 8.64. The average molecular weight is 327 g/mol. The van der Waals surface area contributed by atoms with Crippen molar-refractivity contribution in [2.24, 2.45) is 5.92 Å². The van der Waals surface area contributed by atoms with Gasteiger partial charge in [0.05, 0.1) is 5.69 Å². The van der Waals surface area contributed by atoms with Gasteiger partial charge in [-0.05, 0) is 62.5 Å². The second-order valence-electron chi connectivity index (χ2n) is 6.38. The van der Waals surface area contributed by atoms with Crippen LogP contribution in [0.25, 0.3) is 5.69 Å². The van der Waals surface area contributed by atoms with Gasteiger partial charge in [0.2, 0.25) is 0 Å². The van der Waals surface area contributed by atoms with Crippen molar-refractivity contribution in [2.75, 3.05) is 26.2 Å². The van der Waals surface area contributed by atoms with Gasteiger partial charge in [0, 0.05) is 18.7 Å². The SMILES string of the molecule is CCNCC1CCN(C(=O)c2ccc(-n3cncn3)c(C)c2)CC1. The van der Waals surface area contributed by atoms with Gasteiger partial charge in [-0.25, -0.2) is 9.67 Å². The summed E-state index contributed by atoms with van der Waals surface area (Å²) in [6.07, 6.45) is 5.33. The van der Waals surface area contributed by atoms with Gasteiger partial charge in [-0.3, -0.25) is 4.79 Å². The van der Waals surface area contributed by atoms with E-state index in [1.807, 2.05) is 30.0 Å². The Hall–Kier alpha value is -2.21. The highest BCUT2D eigenvalue weighted by atomic mass is 16.2. The maximum atomic E-state index is 12.7. The number of nitrogens with one attached hydrogen (secondary N) is 1. The maximum absolute atomic E-state index is 12.7. The second kappa shape index (κ2) is 7.57. The molecule has 1 aliphatic rings. The number of aryl methyl sites for hydroxylation is 1. The molecule has 0 saturated carbocycles. The number of piperidine rings is 1. The summed E-state index contributed by atoms with van der Waals surface area (Å²) in [6.45, 7) is 7.89. The van der Waals surface area contributed by atoms with Crippen molar-refractivity contribution in [3.05, 3.63) is 42.0 Å². The summed E-state index contributed by atoms with van der Waals surface area (Å²) in [5.74, 6) is 0.815. The van der Waals surface area contributed by atoms with E-state index >= 15 is 0 Å². The summed E-state index contributed by atoms with van der Waals surface area (Å²) < 4.78 is 1.72. The van der Waals surface area contributed by atoms with E-state index in [0.29, 0.717) is 5.92 Å². The second-order valence-corrected chi connectivity index (χ2v) is 6.38. The maximum Gasteiger partial charge on any atom is 0.253 e. The van der Waals surface area contributed by atoms with E-state index in [-0.39, 0.29) is 5.91 Å². The van der Waals surface area contributed by atoms with E-state index in [1.165, 1.54) is 6.33 Å². The Morgan fingerprint density at radius 2 is 2.12 bits per heavy atom. The topological polar surface area (TPSA) is 63.1 Å². The summed E-state index contributed by atoms with van der Waals surface area (Å²) >= 11 is 0. The predicted octanol–water partition coefficient (Wildman–Crippen LogP) is 2.04. The molecule has 0 atom stereocenters. The van der Waals surface area contributed by atoms with Crippen LogP contribution in [0.2, 0.25) is 0 Å². The van der Waals surface area contributed by atoms with Crippen molar-refractivity contribution in [1.29, 1.82) is 0 Å². The minimum atomic E-state index is 0.130. The van der Waals surface area contributed by atoms with Gasteiger partial charge >= 0.3 is 0 Å². The highest BCUT2D eigenvalue weighted by Crippen LogP contribution is 2.20. The van der Waals surface area contributed by atoms with E-state index in [9.17, 15) is 4.79 Å². The number of benzene rings is 1. The summed E-state index contributed by atoms with van der Waals surface area (Å²) in [4.78, 5) is 18.7. The minimum Gasteiger partial charge on any atom is -0.339 e. The summed E-state index contributed by atoms with van der Waals surface area (Å²) in [5, 5.41) is 7.55. The molecule has 0 radical (unpaired) electrons. The van der Waals surface area contributed by atoms with Crippen LogP contribution in [0.3, 0.4) is 0 Å². The average Bonchev–Trinajstić information content (AvgIpc) is 3.14. The largest absolute Gasteiger partial charge is 0.339 e. The number of hydrogen-bond acceptors (Lipinski definition) is 4. The normalized spacial score (nSPS) is 15.7. The van der Waals surface area contributed by atoms with E-state index in [2.05, 4.69) is 22.3 Å². The Bertz CT molecular complexity index is 675. The van der Waals surface area contributed by atoms with Crippen LogP contribution in [0, 0.1) is 12.8 Å². The number of carbonyl (C=O) groups is 1. The molecule has 1 aromatic carbocycles. The van der Waals surface area contributed by atoms with E-state index in [4.69, 9.17) is 0 Å². The number of amides is 1. The van der Waals surface area contributed by atoms with Gasteiger partial charge in [0.25, 0.3) is 5.91 Å². The molecule has 1 amide bonds. The first kappa shape index (κ1) is 16.6. The van der Waals surface area contributed by atoms with Crippen LogP contribution in [0.5, 0.6) is 0 Å². The number of carbonyl (C=O) groups excluding carboxylic acids is 1. The zero-order valence-electron chi connectivity index (χ0n) is 14.4. The van der Waals surface area contributed by atoms with E-state index in [0.717, 1.165) is 55.8 Å². The quantitative estimate of drug-likeness (QED) is 0.913. The van der Waals surface area contributed by atoms with Gasteiger partial charge in [0.15, 0.2) is 0 Å². The lowest BCUT2D eigenvalue weighted by atomic mass is 9.96. The molecule has 1 aromatic heterocycles. The summed E-state index contributed by atoms with van der Waals surface area (Å²) in [6, 6.07) is 5.77. The lowest BCUT2D eigenvalue weighted by Crippen LogP contribution is -2.40. The molecule has 6 nitrogen and oxygen atoms in total. The van der Waals surface area contributed by atoms with E-state index in [1.54, 1.807) is 11.0 Å². The Kier molecular flexibility index (Phi) is 5.25. The first-order valence-electron chi connectivity index (χ1n) is 8.64. The minimum absolute atomic E-state index is 0.130. The molecule has 0 aliphatic carbocycles. The Labute approximate surface area is 142 Å². The van der Waals surface area contributed by atoms with Crippen molar-refractivity contribution in [1.82, 2.24) is 25.0 Å². The zero-order chi connectivity index (χ0) is 16.9. The molecular formula is C18H25N5O. The summed E-state index contributed by atoms with van der Waals surface area (Å²) in [7, 11) is 0. The molecule has 0 spiro atoms. The molecule has 0 unspecified atom stereocenters. The monoisotopic (exact) mass is 327 g/mol. The molecule has 3 rings (SSSR count). The Balaban J connectivity index is 1.65. The summed E-state index contributed by atoms with van der Waals surface area (Å²) in [5.41, 5.74) is 2.73. The number of nitrogens with zero attached hydrogens (tertiary/aromatic N) is 4. The lowest BCUT2D eigenvalue weighted by Gasteiger charge is -2.32. The highest BCUT2D eigenvalue weighted by molar-refractivity contribution is 5.94. The lowest BCUT2D eigenvalue weighted by molar-refractivity contribution is 0.0690. The molecule has 2 heterocycles. The third kappa shape index (κ3) is 3.64. The molecule has 0 bridgehead atoms. The smallest absolute Gasteiger partial charge is 0.253 e. The molecule has 1 aliphatic heterocycles. The van der Waals surface area contributed by atoms with Crippen LogP contribution in [0.1, 0.15) is 35.7 Å². The van der Waals surface area contributed by atoms with Crippen molar-refractivity contribution in [3.63, 3.8) is 0 Å². The molecule has 1 fully saturated rings. The van der Waals surface area contributed by atoms with Crippen LogP contribution in [-0.2, 0) is 0 Å². The third-order valence-electron chi connectivity index (χ3n) is 4.69. The molecule has 1 saturated heterocycles. The van der Waals surface area contributed by atoms with Gasteiger partial charge in [-0.1, -0.05) is 6.92 Å². The zero-order valence-corrected chi connectivity index (χ0v) is 14.4. The van der Waals surface area contributed by atoms with Crippen molar-refractivity contribution in [2.45, 2.75) is 26.7 Å². The van der Waals surface area contributed by atoms with Crippen LogP contribution < -0.4 is 5.32 Å². The van der Waals surface area contributed by atoms with Crippen LogP contribution in [-0.4, -0.2) is 51.8 Å². The van der Waals surface area contributed by atoms with Gasteiger partial charge in [-0.2, -0.15) is 5.10 Å². The number of rotatable bonds is 5. The standard InChI is InChI=1S/C18H25N5O/c1-3-19-11-15-6-8-22(9-7-15)18(24)16-4-5-17(14(2)10-16)23-13-20-12-21-23/h4-5,10,12-13,15,19H,3,6-9,11H2,1-2H3. The molecule has 2 aromatic rings. The van der Waals surface area contributed by atoms with Crippen LogP contribution in [0.15, 0.2) is 30.9 Å². The van der Waals surface area contributed by atoms with Crippen molar-refractivity contribution < 1.29 is 4.79 Å². The number of hydrogen-bond donors (Lipinski definition) is 1. The Morgan fingerprint density at radius 3 is 2.75 bits per heavy atom. The number of likely N-dealkylation sites (tertiary alicyclic amines) is 1. The van der Waals surface area contributed by atoms with Crippen molar-refractivity contribution in [3.8, 4) is 5.69 Å². The third-order valence-corrected chi connectivity index (χ3v) is 4.69. The fraction of sp³-hybridized carbons (Fsp3) is 0.500. The molecular weight excluding hydrogens is 302 g/mol. The molecule has 128 valence electrons. The van der Waals surface area contributed by atoms with Gasteiger partial charge in [-0.15, -0.1) is 0 Å². The van der Waals surface area contributed by atoms with Gasteiger partial charge < -0.3 is 10.2 Å². The molecule has 6 heteroatoms. The van der Waals surface area contributed by atoms with Crippen molar-refractivity contribution >= 4 is 5.91 Å². The molecule has 1 N–H and O–H groups in total. The fourth-order valence-corrected chi connectivity index (χ4v) is 3.25. The van der Waals surface area contributed by atoms with E-state index < -0.39 is 0 Å². The first-order chi connectivity index (χ1) is 11.7.